The molecule has 0 nitrogen and oxygen atoms in total. The third-order valence-electron chi connectivity index (χ3n) is 3.13. The summed E-state index contributed by atoms with van der Waals surface area (Å²) >= 11 is 6.10. The summed E-state index contributed by atoms with van der Waals surface area (Å²) in [6.07, 6.45) is 1.01. The van der Waals surface area contributed by atoms with Crippen LogP contribution in [0.4, 0.5) is 0 Å². The van der Waals surface area contributed by atoms with Gasteiger partial charge in [0.1, 0.15) is 0 Å². The SMILES string of the molecule is Cc1cccc(C(C)(C)CC(C)Cl)c1C. The van der Waals surface area contributed by atoms with Crippen molar-refractivity contribution in [1.29, 1.82) is 0 Å². The number of benzene rings is 1. The molecule has 0 radical (unpaired) electrons. The number of rotatable bonds is 3. The highest BCUT2D eigenvalue weighted by Gasteiger charge is 2.24. The molecule has 0 fully saturated rings. The maximum atomic E-state index is 6.10. The largest absolute Gasteiger partial charge is 0.123 e. The molecule has 0 bridgehead atoms. The average Bonchev–Trinajstić information content (AvgIpc) is 2.07. The molecule has 0 saturated carbocycles. The average molecular weight is 225 g/mol. The molecule has 15 heavy (non-hydrogen) atoms. The fourth-order valence-corrected chi connectivity index (χ4v) is 2.68. The molecule has 1 aromatic rings. The normalized spacial score (nSPS) is 14.0. The zero-order valence-electron chi connectivity index (χ0n) is 10.4. The molecule has 1 atom stereocenters. The second-order valence-corrected chi connectivity index (χ2v) is 5.86. The summed E-state index contributed by atoms with van der Waals surface area (Å²) in [4.78, 5) is 0. The maximum Gasteiger partial charge on any atom is 0.0316 e. The lowest BCUT2D eigenvalue weighted by Gasteiger charge is -2.29. The molecule has 0 aliphatic carbocycles. The van der Waals surface area contributed by atoms with Crippen LogP contribution in [0.15, 0.2) is 18.2 Å². The first-order chi connectivity index (χ1) is 6.84. The Kier molecular flexibility index (Phi) is 3.83. The lowest BCUT2D eigenvalue weighted by atomic mass is 9.77. The van der Waals surface area contributed by atoms with Gasteiger partial charge in [-0.25, -0.2) is 0 Å². The van der Waals surface area contributed by atoms with E-state index in [1.807, 2.05) is 0 Å². The van der Waals surface area contributed by atoms with Crippen LogP contribution in [0.1, 0.15) is 43.9 Å². The summed E-state index contributed by atoms with van der Waals surface area (Å²) in [6, 6.07) is 6.53. The lowest BCUT2D eigenvalue weighted by molar-refractivity contribution is 0.474. The minimum Gasteiger partial charge on any atom is -0.123 e. The highest BCUT2D eigenvalue weighted by Crippen LogP contribution is 2.33. The maximum absolute atomic E-state index is 6.10. The fraction of sp³-hybridized carbons (Fsp3) is 0.571. The Hall–Kier alpha value is -0.490. The van der Waals surface area contributed by atoms with Gasteiger partial charge in [-0.2, -0.15) is 0 Å². The highest BCUT2D eigenvalue weighted by molar-refractivity contribution is 6.20. The van der Waals surface area contributed by atoms with Crippen molar-refractivity contribution in [3.8, 4) is 0 Å². The molecule has 0 amide bonds. The van der Waals surface area contributed by atoms with Gasteiger partial charge in [-0.3, -0.25) is 0 Å². The topological polar surface area (TPSA) is 0 Å². The van der Waals surface area contributed by atoms with Crippen LogP contribution in [-0.2, 0) is 5.41 Å². The number of alkyl halides is 1. The van der Waals surface area contributed by atoms with Gasteiger partial charge >= 0.3 is 0 Å². The van der Waals surface area contributed by atoms with Crippen molar-refractivity contribution in [2.24, 2.45) is 0 Å². The Labute approximate surface area is 98.7 Å². The lowest BCUT2D eigenvalue weighted by Crippen LogP contribution is -2.22. The van der Waals surface area contributed by atoms with Crippen molar-refractivity contribution in [2.45, 2.75) is 51.8 Å². The molecule has 0 N–H and O–H groups in total. The van der Waals surface area contributed by atoms with E-state index in [-0.39, 0.29) is 10.8 Å². The van der Waals surface area contributed by atoms with Crippen molar-refractivity contribution >= 4 is 11.6 Å². The summed E-state index contributed by atoms with van der Waals surface area (Å²) in [5.41, 5.74) is 4.36. The molecule has 0 spiro atoms. The van der Waals surface area contributed by atoms with E-state index in [9.17, 15) is 0 Å². The van der Waals surface area contributed by atoms with Gasteiger partial charge in [-0.1, -0.05) is 32.0 Å². The summed E-state index contributed by atoms with van der Waals surface area (Å²) in [5.74, 6) is 0. The molecule has 1 aromatic carbocycles. The van der Waals surface area contributed by atoms with Crippen LogP contribution in [0.2, 0.25) is 0 Å². The summed E-state index contributed by atoms with van der Waals surface area (Å²) < 4.78 is 0. The molecule has 0 aliphatic rings. The van der Waals surface area contributed by atoms with Gasteiger partial charge in [0.25, 0.3) is 0 Å². The molecule has 1 rings (SSSR count). The Morgan fingerprint density at radius 1 is 1.27 bits per heavy atom. The first-order valence-corrected chi connectivity index (χ1v) is 5.99. The fourth-order valence-electron chi connectivity index (χ4n) is 2.30. The Bertz CT molecular complexity index is 337. The molecular weight excluding hydrogens is 204 g/mol. The van der Waals surface area contributed by atoms with Gasteiger partial charge in [-0.05, 0) is 49.3 Å². The number of aryl methyl sites for hydroxylation is 1. The number of halogens is 1. The van der Waals surface area contributed by atoms with Crippen molar-refractivity contribution in [1.82, 2.24) is 0 Å². The van der Waals surface area contributed by atoms with Gasteiger partial charge < -0.3 is 0 Å². The van der Waals surface area contributed by atoms with Crippen LogP contribution in [0.5, 0.6) is 0 Å². The molecule has 84 valence electrons. The van der Waals surface area contributed by atoms with Crippen LogP contribution >= 0.6 is 11.6 Å². The zero-order chi connectivity index (χ0) is 11.6. The molecular formula is C14H21Cl. The third-order valence-corrected chi connectivity index (χ3v) is 3.28. The van der Waals surface area contributed by atoms with Gasteiger partial charge in [0.15, 0.2) is 0 Å². The van der Waals surface area contributed by atoms with Gasteiger partial charge in [-0.15, -0.1) is 11.6 Å². The smallest absolute Gasteiger partial charge is 0.0316 e. The molecule has 0 heterocycles. The first kappa shape index (κ1) is 12.6. The van der Waals surface area contributed by atoms with Crippen LogP contribution in [-0.4, -0.2) is 5.38 Å². The predicted molar refractivity (Wildman–Crippen MR) is 68.9 cm³/mol. The van der Waals surface area contributed by atoms with Crippen molar-refractivity contribution in [3.05, 3.63) is 34.9 Å². The van der Waals surface area contributed by atoms with Crippen LogP contribution in [0.25, 0.3) is 0 Å². The van der Waals surface area contributed by atoms with E-state index in [1.165, 1.54) is 16.7 Å². The van der Waals surface area contributed by atoms with Crippen molar-refractivity contribution in [2.75, 3.05) is 0 Å². The highest BCUT2D eigenvalue weighted by atomic mass is 35.5. The minimum absolute atomic E-state index is 0.164. The van der Waals surface area contributed by atoms with Gasteiger partial charge in [0, 0.05) is 5.38 Å². The molecule has 0 aromatic heterocycles. The Morgan fingerprint density at radius 3 is 2.40 bits per heavy atom. The first-order valence-electron chi connectivity index (χ1n) is 5.55. The molecule has 0 aliphatic heterocycles. The van der Waals surface area contributed by atoms with Gasteiger partial charge in [0.2, 0.25) is 0 Å². The Balaban J connectivity index is 3.09. The van der Waals surface area contributed by atoms with E-state index >= 15 is 0 Å². The zero-order valence-corrected chi connectivity index (χ0v) is 11.2. The number of hydrogen-bond acceptors (Lipinski definition) is 0. The number of hydrogen-bond donors (Lipinski definition) is 0. The van der Waals surface area contributed by atoms with E-state index in [1.54, 1.807) is 0 Å². The van der Waals surface area contributed by atoms with E-state index in [0.29, 0.717) is 0 Å². The van der Waals surface area contributed by atoms with E-state index in [4.69, 9.17) is 11.6 Å². The quantitative estimate of drug-likeness (QED) is 0.659. The van der Waals surface area contributed by atoms with Crippen molar-refractivity contribution < 1.29 is 0 Å². The van der Waals surface area contributed by atoms with Gasteiger partial charge in [0.05, 0.1) is 0 Å². The summed E-state index contributed by atoms with van der Waals surface area (Å²) in [6.45, 7) is 11.0. The molecule has 1 heteroatoms. The molecule has 1 unspecified atom stereocenters. The van der Waals surface area contributed by atoms with E-state index in [2.05, 4.69) is 52.8 Å². The van der Waals surface area contributed by atoms with Crippen LogP contribution < -0.4 is 0 Å². The van der Waals surface area contributed by atoms with Crippen LogP contribution in [0.3, 0.4) is 0 Å². The monoisotopic (exact) mass is 224 g/mol. The summed E-state index contributed by atoms with van der Waals surface area (Å²) in [7, 11) is 0. The van der Waals surface area contributed by atoms with Crippen molar-refractivity contribution in [3.63, 3.8) is 0 Å². The third kappa shape index (κ3) is 2.98. The minimum atomic E-state index is 0.164. The molecule has 0 saturated heterocycles. The second-order valence-electron chi connectivity index (χ2n) is 5.12. The van der Waals surface area contributed by atoms with E-state index in [0.717, 1.165) is 6.42 Å². The summed E-state index contributed by atoms with van der Waals surface area (Å²) in [5, 5.41) is 0.222. The van der Waals surface area contributed by atoms with E-state index < -0.39 is 0 Å². The van der Waals surface area contributed by atoms with Crippen LogP contribution in [0, 0.1) is 13.8 Å². The Morgan fingerprint density at radius 2 is 1.87 bits per heavy atom. The standard InChI is InChI=1S/C14H21Cl/c1-10-7-6-8-13(12(10)3)14(4,5)9-11(2)15/h6-8,11H,9H2,1-5H3. The second kappa shape index (κ2) is 4.57. The predicted octanol–water partition coefficient (Wildman–Crippen LogP) is 4.60.